The molecule has 42 heavy (non-hydrogen) atoms. The number of nitrogens with zero attached hydrogens (tertiary/aromatic N) is 1. The van der Waals surface area contributed by atoms with Gasteiger partial charge in [0.2, 0.25) is 5.92 Å². The lowest BCUT2D eigenvalue weighted by Gasteiger charge is -2.29. The van der Waals surface area contributed by atoms with Crippen molar-refractivity contribution in [1.82, 2.24) is 10.6 Å². The predicted molar refractivity (Wildman–Crippen MR) is 149 cm³/mol. The number of carbonyl (C=O) groups is 3. The van der Waals surface area contributed by atoms with Gasteiger partial charge in [0.25, 0.3) is 11.8 Å². The van der Waals surface area contributed by atoms with E-state index in [0.29, 0.717) is 16.7 Å². The van der Waals surface area contributed by atoms with Crippen molar-refractivity contribution in [1.29, 1.82) is 0 Å². The molecule has 4 rings (SSSR count). The van der Waals surface area contributed by atoms with Crippen LogP contribution in [0.1, 0.15) is 62.4 Å². The van der Waals surface area contributed by atoms with Crippen LogP contribution in [0.25, 0.3) is 0 Å². The van der Waals surface area contributed by atoms with Gasteiger partial charge in [-0.3, -0.25) is 9.59 Å². The lowest BCUT2D eigenvalue weighted by atomic mass is 9.92. The number of alkyl halides is 2. The third-order valence-electron chi connectivity index (χ3n) is 6.87. The number of benzene rings is 2. The Bertz CT molecular complexity index is 1490. The van der Waals surface area contributed by atoms with Crippen molar-refractivity contribution in [3.8, 4) is 0 Å². The van der Waals surface area contributed by atoms with E-state index in [1.54, 1.807) is 45.0 Å². The highest BCUT2D eigenvalue weighted by molar-refractivity contribution is 7.91. The molecular weight excluding hydrogens is 599 g/mol. The number of sulfone groups is 1. The van der Waals surface area contributed by atoms with Gasteiger partial charge in [-0.15, -0.1) is 0 Å². The molecule has 228 valence electrons. The number of hydrogen-bond acceptors (Lipinski definition) is 6. The SMILES string of the molecule is CC(C)(C)OC(=O)N[C@H]1CS(=O)(=O)c2cc(F)c(C(=O)NC3CCC(F)(F)CC3)cc2N(Cc2ccc(Cl)cc2)C1=O. The molecule has 2 aliphatic rings. The second kappa shape index (κ2) is 11.8. The second-order valence-corrected chi connectivity index (χ2v) is 13.9. The number of amides is 3. The zero-order valence-electron chi connectivity index (χ0n) is 23.2. The number of carbonyl (C=O) groups excluding carboxylic acids is 3. The Morgan fingerprint density at radius 2 is 1.71 bits per heavy atom. The molecule has 0 spiro atoms. The lowest BCUT2D eigenvalue weighted by molar-refractivity contribution is -0.120. The standard InChI is InChI=1S/C28H31ClF3N3O6S/c1-27(2,3)41-26(38)34-21-15-42(39,40)23-13-20(30)19(24(36)33-18-8-10-28(31,32)11-9-18)12-22(23)35(25(21)37)14-16-4-6-17(29)7-5-16/h4-7,12-13,18,21H,8-11,14-15H2,1-3H3,(H,33,36)(H,34,38)/t21-/m0/s1. The zero-order valence-corrected chi connectivity index (χ0v) is 24.8. The van der Waals surface area contributed by atoms with E-state index in [0.717, 1.165) is 11.0 Å². The first-order valence-electron chi connectivity index (χ1n) is 13.2. The van der Waals surface area contributed by atoms with Gasteiger partial charge >= 0.3 is 6.09 Å². The number of hydrogen-bond donors (Lipinski definition) is 2. The Labute approximate surface area is 246 Å². The minimum atomic E-state index is -4.40. The zero-order chi connectivity index (χ0) is 31.0. The van der Waals surface area contributed by atoms with Gasteiger partial charge in [0.15, 0.2) is 9.84 Å². The topological polar surface area (TPSA) is 122 Å². The Morgan fingerprint density at radius 3 is 2.31 bits per heavy atom. The molecule has 0 aromatic heterocycles. The summed E-state index contributed by atoms with van der Waals surface area (Å²) in [5.74, 6) is -6.68. The highest BCUT2D eigenvalue weighted by atomic mass is 35.5. The first kappa shape index (κ1) is 31.6. The van der Waals surface area contributed by atoms with Gasteiger partial charge in [0, 0.05) is 23.9 Å². The van der Waals surface area contributed by atoms with Crippen molar-refractivity contribution >= 4 is 45.0 Å². The Morgan fingerprint density at radius 1 is 1.10 bits per heavy atom. The van der Waals surface area contributed by atoms with Crippen molar-refractivity contribution in [2.24, 2.45) is 0 Å². The molecular formula is C28H31ClF3N3O6S. The maximum atomic E-state index is 15.3. The average molecular weight is 630 g/mol. The molecule has 0 bridgehead atoms. The van der Waals surface area contributed by atoms with E-state index in [9.17, 15) is 31.6 Å². The van der Waals surface area contributed by atoms with Crippen LogP contribution in [0.15, 0.2) is 41.3 Å². The number of rotatable bonds is 5. The van der Waals surface area contributed by atoms with Crippen LogP contribution in [0.5, 0.6) is 0 Å². The van der Waals surface area contributed by atoms with Crippen LogP contribution in [-0.2, 0) is 25.9 Å². The first-order chi connectivity index (χ1) is 19.4. The van der Waals surface area contributed by atoms with Crippen LogP contribution in [0.3, 0.4) is 0 Å². The molecule has 9 nitrogen and oxygen atoms in total. The minimum Gasteiger partial charge on any atom is -0.444 e. The summed E-state index contributed by atoms with van der Waals surface area (Å²) < 4.78 is 74.5. The van der Waals surface area contributed by atoms with Gasteiger partial charge in [0.05, 0.1) is 28.4 Å². The van der Waals surface area contributed by atoms with Crippen LogP contribution >= 0.6 is 11.6 Å². The molecule has 0 radical (unpaired) electrons. The van der Waals surface area contributed by atoms with Crippen LogP contribution in [0.2, 0.25) is 5.02 Å². The number of ether oxygens (including phenoxy) is 1. The van der Waals surface area contributed by atoms with Crippen LogP contribution in [-0.4, -0.2) is 55.7 Å². The fourth-order valence-corrected chi connectivity index (χ4v) is 6.54. The number of fused-ring (bicyclic) bond motifs is 1. The molecule has 14 heteroatoms. The highest BCUT2D eigenvalue weighted by Gasteiger charge is 2.41. The highest BCUT2D eigenvalue weighted by Crippen LogP contribution is 2.36. The van der Waals surface area contributed by atoms with Gasteiger partial charge in [0.1, 0.15) is 17.5 Å². The van der Waals surface area contributed by atoms with Crippen LogP contribution in [0.4, 0.5) is 23.7 Å². The van der Waals surface area contributed by atoms with E-state index in [1.165, 1.54) is 0 Å². The molecule has 2 aromatic carbocycles. The summed E-state index contributed by atoms with van der Waals surface area (Å²) in [5, 5.41) is 5.26. The Hall–Kier alpha value is -3.32. The fraction of sp³-hybridized carbons (Fsp3) is 0.464. The second-order valence-electron chi connectivity index (χ2n) is 11.4. The van der Waals surface area contributed by atoms with E-state index in [-0.39, 0.29) is 25.1 Å². The van der Waals surface area contributed by atoms with E-state index >= 15 is 4.39 Å². The smallest absolute Gasteiger partial charge is 0.408 e. The van der Waals surface area contributed by atoms with E-state index < -0.39 is 86.2 Å². The molecule has 1 fully saturated rings. The molecule has 1 atom stereocenters. The summed E-state index contributed by atoms with van der Waals surface area (Å²) in [6, 6.07) is 5.70. The van der Waals surface area contributed by atoms with Crippen molar-refractivity contribution in [2.45, 2.75) is 81.5 Å². The molecule has 0 saturated heterocycles. The number of anilines is 1. The molecule has 1 aliphatic carbocycles. The van der Waals surface area contributed by atoms with Crippen molar-refractivity contribution < 1.29 is 40.7 Å². The monoisotopic (exact) mass is 629 g/mol. The summed E-state index contributed by atoms with van der Waals surface area (Å²) >= 11 is 5.98. The predicted octanol–water partition coefficient (Wildman–Crippen LogP) is 5.00. The molecule has 2 N–H and O–H groups in total. The van der Waals surface area contributed by atoms with Crippen LogP contribution in [0, 0.1) is 5.82 Å². The van der Waals surface area contributed by atoms with Gasteiger partial charge in [-0.05, 0) is 63.4 Å². The normalized spacial score (nSPS) is 20.3. The minimum absolute atomic E-state index is 0.0150. The average Bonchev–Trinajstić information content (AvgIpc) is 2.93. The summed E-state index contributed by atoms with van der Waals surface area (Å²) in [6.45, 7) is 4.56. The Balaban J connectivity index is 1.74. The number of nitrogens with one attached hydrogen (secondary N) is 2. The number of alkyl carbamates (subject to hydrolysis) is 1. The van der Waals surface area contributed by atoms with E-state index in [4.69, 9.17) is 16.3 Å². The molecule has 1 aliphatic heterocycles. The fourth-order valence-electron chi connectivity index (χ4n) is 4.80. The lowest BCUT2D eigenvalue weighted by Crippen LogP contribution is -2.51. The quantitative estimate of drug-likeness (QED) is 0.480. The molecule has 1 heterocycles. The molecule has 2 aromatic rings. The largest absolute Gasteiger partial charge is 0.444 e. The van der Waals surface area contributed by atoms with Gasteiger partial charge in [-0.2, -0.15) is 0 Å². The number of halogens is 4. The third-order valence-corrected chi connectivity index (χ3v) is 8.89. The summed E-state index contributed by atoms with van der Waals surface area (Å²) in [7, 11) is -4.40. The van der Waals surface area contributed by atoms with Crippen LogP contribution < -0.4 is 15.5 Å². The van der Waals surface area contributed by atoms with E-state index in [1.807, 2.05) is 0 Å². The molecule has 1 saturated carbocycles. The summed E-state index contributed by atoms with van der Waals surface area (Å²) in [4.78, 5) is 39.9. The van der Waals surface area contributed by atoms with Crippen molar-refractivity contribution in [2.75, 3.05) is 10.7 Å². The van der Waals surface area contributed by atoms with E-state index in [2.05, 4.69) is 10.6 Å². The Kier molecular flexibility index (Phi) is 8.85. The molecule has 0 unspecified atom stereocenters. The summed E-state index contributed by atoms with van der Waals surface area (Å²) in [5.41, 5.74) is -1.26. The van der Waals surface area contributed by atoms with Gasteiger partial charge in [-0.25, -0.2) is 26.4 Å². The van der Waals surface area contributed by atoms with Gasteiger partial charge < -0.3 is 20.3 Å². The summed E-state index contributed by atoms with van der Waals surface area (Å²) in [6.07, 6.45) is -1.92. The van der Waals surface area contributed by atoms with Crippen molar-refractivity contribution in [3.05, 3.63) is 58.4 Å². The third kappa shape index (κ3) is 7.54. The maximum absolute atomic E-state index is 15.3. The van der Waals surface area contributed by atoms with Crippen molar-refractivity contribution in [3.63, 3.8) is 0 Å². The molecule has 3 amide bonds. The maximum Gasteiger partial charge on any atom is 0.408 e. The van der Waals surface area contributed by atoms with Gasteiger partial charge in [-0.1, -0.05) is 23.7 Å². The first-order valence-corrected chi connectivity index (χ1v) is 15.3.